The van der Waals surface area contributed by atoms with Gasteiger partial charge in [0.05, 0.1) is 17.8 Å². The van der Waals surface area contributed by atoms with E-state index in [4.69, 9.17) is 0 Å². The van der Waals surface area contributed by atoms with E-state index in [1.165, 1.54) is 23.9 Å². The molecule has 0 bridgehead atoms. The lowest BCUT2D eigenvalue weighted by atomic mass is 10.1. The van der Waals surface area contributed by atoms with Crippen LogP contribution in [0.25, 0.3) is 10.6 Å². The van der Waals surface area contributed by atoms with Crippen molar-refractivity contribution in [3.05, 3.63) is 74.6 Å². The van der Waals surface area contributed by atoms with Crippen molar-refractivity contribution in [1.82, 2.24) is 15.3 Å². The van der Waals surface area contributed by atoms with Gasteiger partial charge in [-0.3, -0.25) is 9.59 Å². The second-order valence-corrected chi connectivity index (χ2v) is 6.55. The smallest absolute Gasteiger partial charge is 0.253 e. The number of H-pyrrole nitrogens is 1. The van der Waals surface area contributed by atoms with E-state index in [1.807, 2.05) is 19.1 Å². The quantitative estimate of drug-likeness (QED) is 0.767. The van der Waals surface area contributed by atoms with Crippen molar-refractivity contribution in [2.75, 3.05) is 0 Å². The molecular weight excluding hydrogens is 322 g/mol. The van der Waals surface area contributed by atoms with Crippen LogP contribution in [-0.4, -0.2) is 15.9 Å². The van der Waals surface area contributed by atoms with Crippen LogP contribution in [0.1, 0.15) is 26.5 Å². The third-order valence-corrected chi connectivity index (χ3v) is 4.91. The average Bonchev–Trinajstić information content (AvgIpc) is 2.94. The molecule has 6 heteroatoms. The molecule has 0 aliphatic heterocycles. The highest BCUT2D eigenvalue weighted by atomic mass is 32.1. The molecule has 1 aromatic carbocycles. The Morgan fingerprint density at radius 1 is 1.21 bits per heavy atom. The Bertz CT molecular complexity index is 923. The number of thiazole rings is 1. The van der Waals surface area contributed by atoms with Gasteiger partial charge in [-0.25, -0.2) is 4.98 Å². The fraction of sp³-hybridized carbons (Fsp3) is 0.167. The van der Waals surface area contributed by atoms with Crippen LogP contribution < -0.4 is 10.9 Å². The molecule has 1 amide bonds. The van der Waals surface area contributed by atoms with E-state index in [0.29, 0.717) is 12.1 Å². The van der Waals surface area contributed by atoms with Gasteiger partial charge in [0, 0.05) is 22.7 Å². The first-order chi connectivity index (χ1) is 11.5. The van der Waals surface area contributed by atoms with Crippen molar-refractivity contribution in [3.8, 4) is 10.6 Å². The zero-order chi connectivity index (χ0) is 17.1. The Hall–Kier alpha value is -2.73. The number of amides is 1. The van der Waals surface area contributed by atoms with Crippen LogP contribution in [0, 0.1) is 13.8 Å². The maximum atomic E-state index is 12.1. The average molecular weight is 339 g/mol. The van der Waals surface area contributed by atoms with Gasteiger partial charge in [-0.05, 0) is 25.5 Å². The number of carbonyl (C=O) groups is 1. The second kappa shape index (κ2) is 6.80. The minimum Gasteiger partial charge on any atom is -0.347 e. The number of aromatic nitrogens is 2. The van der Waals surface area contributed by atoms with E-state index >= 15 is 0 Å². The molecule has 0 radical (unpaired) electrons. The lowest BCUT2D eigenvalue weighted by Crippen LogP contribution is -2.23. The van der Waals surface area contributed by atoms with Crippen molar-refractivity contribution < 1.29 is 4.79 Å². The third-order valence-electron chi connectivity index (χ3n) is 3.72. The van der Waals surface area contributed by atoms with Crippen molar-refractivity contribution in [2.45, 2.75) is 20.4 Å². The molecule has 0 aliphatic carbocycles. The molecule has 0 saturated carbocycles. The van der Waals surface area contributed by atoms with Crippen LogP contribution in [0.3, 0.4) is 0 Å². The predicted octanol–water partition coefficient (Wildman–Crippen LogP) is 3.05. The summed E-state index contributed by atoms with van der Waals surface area (Å²) in [6.45, 7) is 4.41. The summed E-state index contributed by atoms with van der Waals surface area (Å²) in [5.41, 5.74) is 3.41. The number of rotatable bonds is 4. The maximum Gasteiger partial charge on any atom is 0.253 e. The number of hydrogen-bond donors (Lipinski definition) is 2. The number of nitrogens with zero attached hydrogens (tertiary/aromatic N) is 1. The molecule has 5 nitrogen and oxygen atoms in total. The minimum absolute atomic E-state index is 0.225. The van der Waals surface area contributed by atoms with E-state index in [0.717, 1.165) is 21.1 Å². The number of aryl methyl sites for hydroxylation is 2. The van der Waals surface area contributed by atoms with E-state index in [-0.39, 0.29) is 11.5 Å². The predicted molar refractivity (Wildman–Crippen MR) is 95.3 cm³/mol. The van der Waals surface area contributed by atoms with Gasteiger partial charge in [0.15, 0.2) is 0 Å². The summed E-state index contributed by atoms with van der Waals surface area (Å²) in [5.74, 6) is -0.225. The maximum absolute atomic E-state index is 12.1. The summed E-state index contributed by atoms with van der Waals surface area (Å²) in [6, 6.07) is 11.0. The molecular formula is C18H17N3O2S. The third kappa shape index (κ3) is 3.44. The normalized spacial score (nSPS) is 10.6. The van der Waals surface area contributed by atoms with Gasteiger partial charge in [-0.15, -0.1) is 11.3 Å². The molecule has 24 heavy (non-hydrogen) atoms. The molecule has 0 aliphatic rings. The molecule has 2 aromatic heterocycles. The highest BCUT2D eigenvalue weighted by molar-refractivity contribution is 7.15. The summed E-state index contributed by atoms with van der Waals surface area (Å²) in [7, 11) is 0. The van der Waals surface area contributed by atoms with E-state index in [2.05, 4.69) is 34.3 Å². The number of nitrogens with one attached hydrogen (secondary N) is 2. The summed E-state index contributed by atoms with van der Waals surface area (Å²) in [6.07, 6.45) is 1.41. The van der Waals surface area contributed by atoms with Crippen molar-refractivity contribution in [3.63, 3.8) is 0 Å². The van der Waals surface area contributed by atoms with Crippen molar-refractivity contribution in [1.29, 1.82) is 0 Å². The first-order valence-corrected chi connectivity index (χ1v) is 8.35. The fourth-order valence-corrected chi connectivity index (χ4v) is 3.43. The lowest BCUT2D eigenvalue weighted by Gasteiger charge is -2.03. The minimum atomic E-state index is -0.229. The molecule has 122 valence electrons. The summed E-state index contributed by atoms with van der Waals surface area (Å²) >= 11 is 1.58. The Kier molecular flexibility index (Phi) is 4.57. The standard InChI is InChI=1S/C18H17N3O2S/c1-11-5-3-4-6-14(11)18-21-12(2)15(24-18)10-20-17(23)13-7-8-16(22)19-9-13/h3-9H,10H2,1-2H3,(H,19,22)(H,20,23). The van der Waals surface area contributed by atoms with E-state index in [1.54, 1.807) is 11.3 Å². The largest absolute Gasteiger partial charge is 0.347 e. The Morgan fingerprint density at radius 3 is 2.71 bits per heavy atom. The van der Waals surface area contributed by atoms with Crippen LogP contribution in [0.5, 0.6) is 0 Å². The van der Waals surface area contributed by atoms with E-state index in [9.17, 15) is 9.59 Å². The molecule has 0 fully saturated rings. The number of aromatic amines is 1. The lowest BCUT2D eigenvalue weighted by molar-refractivity contribution is 0.0951. The number of carbonyl (C=O) groups excluding carboxylic acids is 1. The molecule has 0 saturated heterocycles. The van der Waals surface area contributed by atoms with Gasteiger partial charge < -0.3 is 10.3 Å². The first kappa shape index (κ1) is 16.1. The molecule has 2 N–H and O–H groups in total. The van der Waals surface area contributed by atoms with Crippen LogP contribution >= 0.6 is 11.3 Å². The second-order valence-electron chi connectivity index (χ2n) is 5.47. The monoisotopic (exact) mass is 339 g/mol. The van der Waals surface area contributed by atoms with E-state index < -0.39 is 0 Å². The Labute approximate surface area is 143 Å². The van der Waals surface area contributed by atoms with Crippen LogP contribution in [0.15, 0.2) is 47.4 Å². The van der Waals surface area contributed by atoms with Crippen molar-refractivity contribution in [2.24, 2.45) is 0 Å². The van der Waals surface area contributed by atoms with Crippen LogP contribution in [0.4, 0.5) is 0 Å². The molecule has 0 unspecified atom stereocenters. The molecule has 2 heterocycles. The first-order valence-electron chi connectivity index (χ1n) is 7.54. The highest BCUT2D eigenvalue weighted by Gasteiger charge is 2.12. The van der Waals surface area contributed by atoms with Gasteiger partial charge in [-0.2, -0.15) is 0 Å². The van der Waals surface area contributed by atoms with Gasteiger partial charge in [0.25, 0.3) is 5.91 Å². The van der Waals surface area contributed by atoms with Gasteiger partial charge in [0.2, 0.25) is 5.56 Å². The zero-order valence-electron chi connectivity index (χ0n) is 13.4. The Morgan fingerprint density at radius 2 is 2.00 bits per heavy atom. The summed E-state index contributed by atoms with van der Waals surface area (Å²) < 4.78 is 0. The van der Waals surface area contributed by atoms with Crippen molar-refractivity contribution >= 4 is 17.2 Å². The summed E-state index contributed by atoms with van der Waals surface area (Å²) in [5, 5.41) is 3.82. The fourth-order valence-electron chi connectivity index (χ4n) is 2.33. The zero-order valence-corrected chi connectivity index (χ0v) is 14.2. The topological polar surface area (TPSA) is 74.8 Å². The molecule has 0 atom stereocenters. The molecule has 3 rings (SSSR count). The van der Waals surface area contributed by atoms with Crippen LogP contribution in [-0.2, 0) is 6.54 Å². The van der Waals surface area contributed by atoms with Gasteiger partial charge >= 0.3 is 0 Å². The van der Waals surface area contributed by atoms with Gasteiger partial charge in [-0.1, -0.05) is 24.3 Å². The SMILES string of the molecule is Cc1ccccc1-c1nc(C)c(CNC(=O)c2ccc(=O)[nH]c2)s1. The van der Waals surface area contributed by atoms with Crippen LogP contribution in [0.2, 0.25) is 0 Å². The number of benzene rings is 1. The molecule has 3 aromatic rings. The number of pyridine rings is 1. The summed E-state index contributed by atoms with van der Waals surface area (Å²) in [4.78, 5) is 31.3. The Balaban J connectivity index is 1.74. The molecule has 0 spiro atoms. The highest BCUT2D eigenvalue weighted by Crippen LogP contribution is 2.29. The van der Waals surface area contributed by atoms with Gasteiger partial charge in [0.1, 0.15) is 5.01 Å². The number of hydrogen-bond acceptors (Lipinski definition) is 4.